The molecule has 1 aliphatic rings. The van der Waals surface area contributed by atoms with Gasteiger partial charge in [-0.25, -0.2) is 0 Å². The highest BCUT2D eigenvalue weighted by atomic mass is 15.0. The first-order chi connectivity index (χ1) is 7.83. The monoisotopic (exact) mass is 212 g/mol. The first-order valence-electron chi connectivity index (χ1n) is 5.92. The Morgan fingerprint density at radius 3 is 2.88 bits per heavy atom. The Bertz CT molecular complexity index is 507. The van der Waals surface area contributed by atoms with Gasteiger partial charge >= 0.3 is 0 Å². The van der Waals surface area contributed by atoms with Crippen LogP contribution in [-0.2, 0) is 0 Å². The average Bonchev–Trinajstić information content (AvgIpc) is 2.75. The van der Waals surface area contributed by atoms with Crippen molar-refractivity contribution in [2.24, 2.45) is 5.92 Å². The first-order valence-corrected chi connectivity index (χ1v) is 5.92. The summed E-state index contributed by atoms with van der Waals surface area (Å²) in [5, 5.41) is 4.74. The van der Waals surface area contributed by atoms with E-state index in [1.165, 1.54) is 17.5 Å². The zero-order chi connectivity index (χ0) is 11.0. The fourth-order valence-electron chi connectivity index (χ4n) is 2.41. The zero-order valence-corrected chi connectivity index (χ0v) is 9.48. The standard InChI is InChI=1S/C14H16N2/c1-10-8-14(15-9-10)13-7-6-11-4-2-3-5-12(11)16-13/h2-7,10,14-15H,8-9H2,1H3/t10-,14-/m0/s1. The van der Waals surface area contributed by atoms with Crippen LogP contribution in [-0.4, -0.2) is 11.5 Å². The third kappa shape index (κ3) is 1.69. The Balaban J connectivity index is 1.99. The number of nitrogens with one attached hydrogen (secondary N) is 1. The molecule has 0 aliphatic carbocycles. The summed E-state index contributed by atoms with van der Waals surface area (Å²) >= 11 is 0. The quantitative estimate of drug-likeness (QED) is 0.786. The maximum atomic E-state index is 4.73. The third-order valence-electron chi connectivity index (χ3n) is 3.33. The Hall–Kier alpha value is -1.41. The molecular formula is C14H16N2. The molecule has 1 fully saturated rings. The van der Waals surface area contributed by atoms with Crippen molar-refractivity contribution in [3.8, 4) is 0 Å². The van der Waals surface area contributed by atoms with Crippen LogP contribution >= 0.6 is 0 Å². The molecular weight excluding hydrogens is 196 g/mol. The molecule has 1 aromatic carbocycles. The Labute approximate surface area is 95.7 Å². The van der Waals surface area contributed by atoms with Gasteiger partial charge in [-0.05, 0) is 31.0 Å². The van der Waals surface area contributed by atoms with Gasteiger partial charge in [0.2, 0.25) is 0 Å². The van der Waals surface area contributed by atoms with Gasteiger partial charge in [0, 0.05) is 11.4 Å². The predicted octanol–water partition coefficient (Wildman–Crippen LogP) is 2.91. The molecule has 0 spiro atoms. The van der Waals surface area contributed by atoms with Gasteiger partial charge in [-0.1, -0.05) is 31.2 Å². The molecule has 1 N–H and O–H groups in total. The SMILES string of the molecule is C[C@@H]1CN[C@H](c2ccc3ccccc3n2)C1. The molecule has 1 aromatic heterocycles. The summed E-state index contributed by atoms with van der Waals surface area (Å²) in [6.45, 7) is 3.40. The minimum Gasteiger partial charge on any atom is -0.308 e. The van der Waals surface area contributed by atoms with Gasteiger partial charge in [0.15, 0.2) is 0 Å². The lowest BCUT2D eigenvalue weighted by atomic mass is 10.0. The minimum atomic E-state index is 0.444. The second kappa shape index (κ2) is 3.87. The lowest BCUT2D eigenvalue weighted by Gasteiger charge is -2.10. The van der Waals surface area contributed by atoms with Gasteiger partial charge in [-0.3, -0.25) is 4.98 Å². The van der Waals surface area contributed by atoms with Crippen LogP contribution in [0.4, 0.5) is 0 Å². The van der Waals surface area contributed by atoms with E-state index in [1.54, 1.807) is 0 Å². The van der Waals surface area contributed by atoms with E-state index in [-0.39, 0.29) is 0 Å². The average molecular weight is 212 g/mol. The second-order valence-electron chi connectivity index (χ2n) is 4.73. The number of pyridine rings is 1. The van der Waals surface area contributed by atoms with Crippen LogP contribution in [0.2, 0.25) is 0 Å². The fraction of sp³-hybridized carbons (Fsp3) is 0.357. The maximum absolute atomic E-state index is 4.73. The van der Waals surface area contributed by atoms with Crippen molar-refractivity contribution < 1.29 is 0 Å². The molecule has 3 rings (SSSR count). The van der Waals surface area contributed by atoms with Crippen molar-refractivity contribution in [2.45, 2.75) is 19.4 Å². The molecule has 0 bridgehead atoms. The first kappa shape index (κ1) is 9.79. The Kier molecular flexibility index (Phi) is 2.37. The smallest absolute Gasteiger partial charge is 0.0706 e. The summed E-state index contributed by atoms with van der Waals surface area (Å²) in [4.78, 5) is 4.73. The van der Waals surface area contributed by atoms with Crippen molar-refractivity contribution in [1.82, 2.24) is 10.3 Å². The Morgan fingerprint density at radius 1 is 1.19 bits per heavy atom. The van der Waals surface area contributed by atoms with Crippen molar-refractivity contribution in [1.29, 1.82) is 0 Å². The molecule has 2 aromatic rings. The lowest BCUT2D eigenvalue weighted by molar-refractivity contribution is 0.601. The highest BCUT2D eigenvalue weighted by Gasteiger charge is 2.22. The van der Waals surface area contributed by atoms with Crippen LogP contribution < -0.4 is 5.32 Å². The number of para-hydroxylation sites is 1. The van der Waals surface area contributed by atoms with E-state index in [4.69, 9.17) is 4.98 Å². The molecule has 82 valence electrons. The zero-order valence-electron chi connectivity index (χ0n) is 9.48. The summed E-state index contributed by atoms with van der Waals surface area (Å²) in [5.74, 6) is 0.762. The van der Waals surface area contributed by atoms with Gasteiger partial charge in [-0.2, -0.15) is 0 Å². The van der Waals surface area contributed by atoms with E-state index in [0.29, 0.717) is 6.04 Å². The van der Waals surface area contributed by atoms with E-state index in [0.717, 1.165) is 18.0 Å². The topological polar surface area (TPSA) is 24.9 Å². The van der Waals surface area contributed by atoms with Crippen molar-refractivity contribution in [3.63, 3.8) is 0 Å². The molecule has 2 heterocycles. The largest absolute Gasteiger partial charge is 0.308 e. The van der Waals surface area contributed by atoms with Crippen LogP contribution in [0.1, 0.15) is 25.1 Å². The summed E-state index contributed by atoms with van der Waals surface area (Å²) in [7, 11) is 0. The highest BCUT2D eigenvalue weighted by molar-refractivity contribution is 5.78. The van der Waals surface area contributed by atoms with Crippen LogP contribution in [0.15, 0.2) is 36.4 Å². The molecule has 2 heteroatoms. The van der Waals surface area contributed by atoms with Crippen LogP contribution in [0.5, 0.6) is 0 Å². The number of fused-ring (bicyclic) bond motifs is 1. The van der Waals surface area contributed by atoms with E-state index < -0.39 is 0 Å². The van der Waals surface area contributed by atoms with E-state index in [2.05, 4.69) is 42.6 Å². The molecule has 0 saturated carbocycles. The van der Waals surface area contributed by atoms with Crippen molar-refractivity contribution in [2.75, 3.05) is 6.54 Å². The van der Waals surface area contributed by atoms with E-state index >= 15 is 0 Å². The predicted molar refractivity (Wildman–Crippen MR) is 66.3 cm³/mol. The van der Waals surface area contributed by atoms with Crippen molar-refractivity contribution >= 4 is 10.9 Å². The molecule has 16 heavy (non-hydrogen) atoms. The number of nitrogens with zero attached hydrogens (tertiary/aromatic N) is 1. The van der Waals surface area contributed by atoms with Gasteiger partial charge in [0.1, 0.15) is 0 Å². The summed E-state index contributed by atoms with van der Waals surface area (Å²) in [6.07, 6.45) is 1.20. The van der Waals surface area contributed by atoms with Gasteiger partial charge in [0.25, 0.3) is 0 Å². The Morgan fingerprint density at radius 2 is 2.06 bits per heavy atom. The lowest BCUT2D eigenvalue weighted by Crippen LogP contribution is -2.14. The molecule has 2 nitrogen and oxygen atoms in total. The minimum absolute atomic E-state index is 0.444. The molecule has 0 amide bonds. The van der Waals surface area contributed by atoms with Crippen LogP contribution in [0, 0.1) is 5.92 Å². The number of aromatic nitrogens is 1. The molecule has 1 aliphatic heterocycles. The number of hydrogen-bond donors (Lipinski definition) is 1. The number of hydrogen-bond acceptors (Lipinski definition) is 2. The van der Waals surface area contributed by atoms with Gasteiger partial charge < -0.3 is 5.32 Å². The van der Waals surface area contributed by atoms with E-state index in [1.807, 2.05) is 6.07 Å². The normalized spacial score (nSPS) is 25.1. The summed E-state index contributed by atoms with van der Waals surface area (Å²) in [6, 6.07) is 13.1. The molecule has 0 unspecified atom stereocenters. The molecule has 1 saturated heterocycles. The maximum Gasteiger partial charge on any atom is 0.0706 e. The number of benzene rings is 1. The number of rotatable bonds is 1. The van der Waals surface area contributed by atoms with Crippen LogP contribution in [0.3, 0.4) is 0 Å². The summed E-state index contributed by atoms with van der Waals surface area (Å²) in [5.41, 5.74) is 2.28. The second-order valence-corrected chi connectivity index (χ2v) is 4.73. The summed E-state index contributed by atoms with van der Waals surface area (Å²) < 4.78 is 0. The van der Waals surface area contributed by atoms with Gasteiger partial charge in [-0.15, -0.1) is 0 Å². The fourth-order valence-corrected chi connectivity index (χ4v) is 2.41. The molecule has 2 atom stereocenters. The van der Waals surface area contributed by atoms with Gasteiger partial charge in [0.05, 0.1) is 11.2 Å². The van der Waals surface area contributed by atoms with Crippen molar-refractivity contribution in [3.05, 3.63) is 42.1 Å². The van der Waals surface area contributed by atoms with Crippen LogP contribution in [0.25, 0.3) is 10.9 Å². The van der Waals surface area contributed by atoms with E-state index in [9.17, 15) is 0 Å². The highest BCUT2D eigenvalue weighted by Crippen LogP contribution is 2.26. The third-order valence-corrected chi connectivity index (χ3v) is 3.33. The molecule has 0 radical (unpaired) electrons.